The van der Waals surface area contributed by atoms with Crippen molar-refractivity contribution >= 4 is 17.4 Å². The van der Waals surface area contributed by atoms with Crippen molar-refractivity contribution in [1.82, 2.24) is 24.5 Å². The van der Waals surface area contributed by atoms with Gasteiger partial charge >= 0.3 is 0 Å². The number of carbonyl (C=O) groups is 1. The predicted octanol–water partition coefficient (Wildman–Crippen LogP) is 3.72. The van der Waals surface area contributed by atoms with Gasteiger partial charge in [-0.3, -0.25) is 4.79 Å². The van der Waals surface area contributed by atoms with Gasteiger partial charge in [0.2, 0.25) is 5.89 Å². The van der Waals surface area contributed by atoms with Crippen LogP contribution in [0, 0.1) is 11.6 Å². The van der Waals surface area contributed by atoms with E-state index in [0.717, 1.165) is 17.4 Å². The largest absolute Gasteiger partial charge is 0.444 e. The molecule has 1 aromatic carbocycles. The monoisotopic (exact) mass is 492 g/mol. The van der Waals surface area contributed by atoms with E-state index in [0.29, 0.717) is 55.9 Å². The minimum Gasteiger partial charge on any atom is -0.444 e. The molecule has 1 spiro atoms. The Labute approximate surface area is 204 Å². The van der Waals surface area contributed by atoms with Crippen LogP contribution in [0.5, 0.6) is 0 Å². The molecule has 1 amide bonds. The fraction of sp³-hybridized carbons (Fsp3) is 0.360. The highest BCUT2D eigenvalue weighted by atomic mass is 19.1. The van der Waals surface area contributed by atoms with E-state index in [4.69, 9.17) is 9.15 Å². The van der Waals surface area contributed by atoms with E-state index < -0.39 is 17.2 Å². The van der Waals surface area contributed by atoms with E-state index in [1.165, 1.54) is 24.7 Å². The molecular weight excluding hydrogens is 470 g/mol. The first-order valence-electron chi connectivity index (χ1n) is 12.0. The van der Waals surface area contributed by atoms with Gasteiger partial charge in [-0.1, -0.05) is 0 Å². The maximum Gasteiger partial charge on any atom is 0.257 e. The normalized spacial score (nSPS) is 23.2. The molecule has 3 aliphatic heterocycles. The van der Waals surface area contributed by atoms with Gasteiger partial charge < -0.3 is 19.0 Å². The van der Waals surface area contributed by atoms with Gasteiger partial charge in [-0.25, -0.2) is 18.7 Å². The van der Waals surface area contributed by atoms with Crippen LogP contribution in [0.3, 0.4) is 0 Å². The van der Waals surface area contributed by atoms with Crippen LogP contribution in [0.4, 0.5) is 14.6 Å². The first-order valence-corrected chi connectivity index (χ1v) is 12.0. The summed E-state index contributed by atoms with van der Waals surface area (Å²) < 4.78 is 41.3. The molecule has 3 fully saturated rings. The number of rotatable bonds is 3. The highest BCUT2D eigenvalue weighted by Gasteiger charge is 2.58. The SMILES string of the molecule is O=C1N2[C@@H](CC[C@H]2c2cc(F)cc(F)c2)OC12CCN(c1ccc(-c3ncco3)c3ncnn13)CC2. The summed E-state index contributed by atoms with van der Waals surface area (Å²) in [5.41, 5.74) is 0.922. The Balaban J connectivity index is 1.13. The number of carbonyl (C=O) groups excluding carboxylic acids is 1. The number of halogens is 2. The predicted molar refractivity (Wildman–Crippen MR) is 123 cm³/mol. The average Bonchev–Trinajstić information content (AvgIpc) is 3.66. The molecule has 184 valence electrons. The molecule has 11 heteroatoms. The molecule has 0 N–H and O–H groups in total. The minimum atomic E-state index is -0.925. The van der Waals surface area contributed by atoms with Crippen LogP contribution >= 0.6 is 0 Å². The lowest BCUT2D eigenvalue weighted by Gasteiger charge is -2.38. The number of ether oxygens (including phenoxy) is 1. The molecule has 2 atom stereocenters. The molecule has 0 radical (unpaired) electrons. The van der Waals surface area contributed by atoms with E-state index in [1.807, 2.05) is 12.1 Å². The standard InChI is InChI=1S/C25H22F2N6O3/c26-16-11-15(12-17(27)13-16)19-2-4-21-32(19)24(34)25(36-21)5-8-31(9-6-25)20-3-1-18(23-28-7-10-35-23)22-29-14-30-33(20)22/h1,3,7,10-14,19,21H,2,4-6,8-9H2/t19-,21+/m0/s1. The number of benzene rings is 1. The van der Waals surface area contributed by atoms with Gasteiger partial charge in [0.1, 0.15) is 36.3 Å². The quantitative estimate of drug-likeness (QED) is 0.431. The molecule has 3 saturated heterocycles. The van der Waals surface area contributed by atoms with E-state index in [1.54, 1.807) is 15.6 Å². The molecule has 3 aliphatic rings. The van der Waals surface area contributed by atoms with Crippen LogP contribution in [-0.2, 0) is 9.53 Å². The summed E-state index contributed by atoms with van der Waals surface area (Å²) in [6.45, 7) is 1.16. The van der Waals surface area contributed by atoms with Crippen molar-refractivity contribution in [3.05, 3.63) is 66.3 Å². The fourth-order valence-corrected chi connectivity index (χ4v) is 5.90. The number of oxazole rings is 1. The highest BCUT2D eigenvalue weighted by molar-refractivity contribution is 5.88. The number of hydrogen-bond acceptors (Lipinski definition) is 7. The van der Waals surface area contributed by atoms with Crippen molar-refractivity contribution in [3.63, 3.8) is 0 Å². The Hall–Kier alpha value is -3.86. The molecule has 0 saturated carbocycles. The zero-order valence-electron chi connectivity index (χ0n) is 19.2. The summed E-state index contributed by atoms with van der Waals surface area (Å²) in [5, 5.41) is 4.40. The van der Waals surface area contributed by atoms with Gasteiger partial charge in [-0.05, 0) is 42.7 Å². The fourth-order valence-electron chi connectivity index (χ4n) is 5.90. The second kappa shape index (κ2) is 7.82. The van der Waals surface area contributed by atoms with Crippen LogP contribution < -0.4 is 4.90 Å². The van der Waals surface area contributed by atoms with Crippen LogP contribution in [0.15, 0.2) is 53.5 Å². The minimum absolute atomic E-state index is 0.0931. The van der Waals surface area contributed by atoms with Crippen molar-refractivity contribution < 1.29 is 22.7 Å². The third kappa shape index (κ3) is 3.15. The average molecular weight is 492 g/mol. The van der Waals surface area contributed by atoms with Crippen LogP contribution in [0.1, 0.15) is 37.3 Å². The van der Waals surface area contributed by atoms with Gasteiger partial charge in [0.05, 0.1) is 17.8 Å². The van der Waals surface area contributed by atoms with Crippen molar-refractivity contribution in [1.29, 1.82) is 0 Å². The third-order valence-electron chi connectivity index (χ3n) is 7.55. The number of hydrogen-bond donors (Lipinski definition) is 0. The van der Waals surface area contributed by atoms with E-state index in [-0.39, 0.29) is 18.2 Å². The van der Waals surface area contributed by atoms with Gasteiger partial charge in [0, 0.05) is 32.0 Å². The molecule has 3 aromatic heterocycles. The Kier molecular flexibility index (Phi) is 4.65. The van der Waals surface area contributed by atoms with Crippen LogP contribution in [0.2, 0.25) is 0 Å². The maximum absolute atomic E-state index is 13.9. The summed E-state index contributed by atoms with van der Waals surface area (Å²) in [6.07, 6.45) is 6.47. The summed E-state index contributed by atoms with van der Waals surface area (Å²) >= 11 is 0. The molecule has 0 aliphatic carbocycles. The molecule has 36 heavy (non-hydrogen) atoms. The van der Waals surface area contributed by atoms with Gasteiger partial charge in [0.15, 0.2) is 11.2 Å². The maximum atomic E-state index is 13.9. The van der Waals surface area contributed by atoms with Gasteiger partial charge in [-0.15, -0.1) is 0 Å². The number of pyridine rings is 1. The smallest absolute Gasteiger partial charge is 0.257 e. The second-order valence-electron chi connectivity index (χ2n) is 9.50. The zero-order valence-corrected chi connectivity index (χ0v) is 19.2. The van der Waals surface area contributed by atoms with E-state index in [2.05, 4.69) is 20.0 Å². The number of anilines is 1. The summed E-state index contributed by atoms with van der Waals surface area (Å²) in [4.78, 5) is 26.1. The first kappa shape index (κ1) is 21.4. The number of nitrogens with zero attached hydrogens (tertiary/aromatic N) is 6. The second-order valence-corrected chi connectivity index (χ2v) is 9.50. The van der Waals surface area contributed by atoms with Crippen molar-refractivity contribution in [2.75, 3.05) is 18.0 Å². The number of fused-ring (bicyclic) bond motifs is 2. The molecule has 9 nitrogen and oxygen atoms in total. The molecule has 0 unspecified atom stereocenters. The van der Waals surface area contributed by atoms with E-state index >= 15 is 0 Å². The summed E-state index contributed by atoms with van der Waals surface area (Å²) in [7, 11) is 0. The molecule has 0 bridgehead atoms. The topological polar surface area (TPSA) is 89.0 Å². The lowest BCUT2D eigenvalue weighted by Crippen LogP contribution is -2.50. The Bertz CT molecular complexity index is 1440. The Morgan fingerprint density at radius 3 is 2.58 bits per heavy atom. The van der Waals surface area contributed by atoms with Crippen molar-refractivity contribution in [3.8, 4) is 11.5 Å². The Morgan fingerprint density at radius 1 is 1.03 bits per heavy atom. The number of amides is 1. The van der Waals surface area contributed by atoms with E-state index in [9.17, 15) is 13.6 Å². The molecule has 4 aromatic rings. The summed E-state index contributed by atoms with van der Waals surface area (Å²) in [5.74, 6) is -0.0544. The first-order chi connectivity index (χ1) is 17.5. The number of piperidine rings is 1. The summed E-state index contributed by atoms with van der Waals surface area (Å²) in [6, 6.07) is 6.93. The van der Waals surface area contributed by atoms with Crippen LogP contribution in [-0.4, -0.2) is 55.3 Å². The third-order valence-corrected chi connectivity index (χ3v) is 7.55. The number of aromatic nitrogens is 4. The highest BCUT2D eigenvalue weighted by Crippen LogP contribution is 2.48. The van der Waals surface area contributed by atoms with Crippen molar-refractivity contribution in [2.24, 2.45) is 0 Å². The molecular formula is C25H22F2N6O3. The van der Waals surface area contributed by atoms with Gasteiger partial charge in [-0.2, -0.15) is 9.61 Å². The zero-order chi connectivity index (χ0) is 24.4. The van der Waals surface area contributed by atoms with Crippen molar-refractivity contribution in [2.45, 2.75) is 43.6 Å². The van der Waals surface area contributed by atoms with Crippen LogP contribution in [0.25, 0.3) is 17.1 Å². The lowest BCUT2D eigenvalue weighted by molar-refractivity contribution is -0.140. The molecule has 7 rings (SSSR count). The lowest BCUT2D eigenvalue weighted by atomic mass is 9.89. The van der Waals surface area contributed by atoms with Gasteiger partial charge in [0.25, 0.3) is 5.91 Å². The Morgan fingerprint density at radius 2 is 1.83 bits per heavy atom. The molecule has 6 heterocycles.